The number of esters is 12. The lowest BCUT2D eigenvalue weighted by atomic mass is 9.95. The van der Waals surface area contributed by atoms with Crippen LogP contribution in [0.4, 0.5) is 11.4 Å². The smallest absolute Gasteiger partial charge is 0.303 e. The van der Waals surface area contributed by atoms with E-state index in [1.165, 1.54) is 36.4 Å². The van der Waals surface area contributed by atoms with Gasteiger partial charge in [-0.05, 0) is 37.1 Å². The van der Waals surface area contributed by atoms with Gasteiger partial charge in [-0.3, -0.25) is 76.7 Å². The highest BCUT2D eigenvalue weighted by molar-refractivity contribution is 6.04. The van der Waals surface area contributed by atoms with Crippen molar-refractivity contribution in [2.75, 3.05) is 62.4 Å². The van der Waals surface area contributed by atoms with Gasteiger partial charge in [0.1, 0.15) is 50.7 Å². The average Bonchev–Trinajstić information content (AvgIpc) is 0.761. The lowest BCUT2D eigenvalue weighted by Crippen LogP contribution is -2.68. The molecule has 6 aliphatic rings. The van der Waals surface area contributed by atoms with Gasteiger partial charge in [0.2, 0.25) is 11.8 Å². The summed E-state index contributed by atoms with van der Waals surface area (Å²) in [5.74, 6) is -16.7. The van der Waals surface area contributed by atoms with E-state index >= 15 is 9.59 Å². The molecule has 1 aromatic carbocycles. The van der Waals surface area contributed by atoms with E-state index in [4.69, 9.17) is 94.7 Å². The molecule has 4 saturated heterocycles. The number of rotatable bonds is 28. The Balaban J connectivity index is 1.64. The van der Waals surface area contributed by atoms with Gasteiger partial charge < -0.3 is 115 Å². The number of unbranched alkanes of at least 4 members (excludes halogenated alkanes) is 2. The lowest BCUT2D eigenvalue weighted by molar-refractivity contribution is -0.356. The number of carbonyl (C=O) groups excluding carboxylic acids is 16. The molecular formula is C70H94N4O36. The summed E-state index contributed by atoms with van der Waals surface area (Å²) in [5.41, 5.74) is -0.433. The Bertz CT molecular complexity index is 3270. The molecule has 20 atom stereocenters. The van der Waals surface area contributed by atoms with E-state index in [2.05, 4.69) is 10.6 Å². The first kappa shape index (κ1) is 89.1. The van der Waals surface area contributed by atoms with Gasteiger partial charge >= 0.3 is 71.6 Å². The number of nitrogens with one attached hydrogen (secondary N) is 2. The van der Waals surface area contributed by atoms with E-state index in [1.807, 2.05) is 13.8 Å². The van der Waals surface area contributed by atoms with Crippen LogP contribution in [-0.4, -0.2) is 271 Å². The fourth-order valence-electron chi connectivity index (χ4n) is 12.1. The molecular weight excluding hydrogens is 1470 g/mol. The van der Waals surface area contributed by atoms with Crippen LogP contribution in [0.15, 0.2) is 36.4 Å². The predicted molar refractivity (Wildman–Crippen MR) is 361 cm³/mol. The van der Waals surface area contributed by atoms with Gasteiger partial charge in [0.05, 0.1) is 13.2 Å². The Morgan fingerprint density at radius 2 is 0.645 bits per heavy atom. The molecule has 610 valence electrons. The van der Waals surface area contributed by atoms with E-state index < -0.39 is 258 Å². The molecule has 0 aliphatic carbocycles. The number of hydrogen-bond donors (Lipinski definition) is 2. The van der Waals surface area contributed by atoms with E-state index in [0.717, 1.165) is 92.9 Å². The number of hydrogen-bond acceptors (Lipinski definition) is 36. The van der Waals surface area contributed by atoms with Crippen LogP contribution in [0.2, 0.25) is 0 Å². The van der Waals surface area contributed by atoms with Crippen molar-refractivity contribution in [1.29, 1.82) is 0 Å². The van der Waals surface area contributed by atoms with Crippen LogP contribution in [0.25, 0.3) is 0 Å². The fraction of sp³-hybridized carbons (Fsp3) is 0.657. The normalized spacial score (nSPS) is 29.2. The summed E-state index contributed by atoms with van der Waals surface area (Å²) >= 11 is 0. The second-order valence-electron chi connectivity index (χ2n) is 25.4. The van der Waals surface area contributed by atoms with Gasteiger partial charge in [-0.1, -0.05) is 38.8 Å². The summed E-state index contributed by atoms with van der Waals surface area (Å²) in [5, 5.41) is 5.43. The Hall–Kier alpha value is -9.84. The fourth-order valence-corrected chi connectivity index (χ4v) is 12.1. The van der Waals surface area contributed by atoms with Crippen LogP contribution in [-0.2, 0) is 171 Å². The van der Waals surface area contributed by atoms with Crippen molar-refractivity contribution in [2.45, 2.75) is 245 Å². The van der Waals surface area contributed by atoms with Crippen molar-refractivity contribution >= 4 is 107 Å². The number of benzene rings is 1. The Morgan fingerprint density at radius 1 is 0.364 bits per heavy atom. The molecule has 40 nitrogen and oxygen atoms in total. The number of fused-ring (bicyclic) bond motifs is 8. The molecule has 0 unspecified atom stereocenters. The maximum atomic E-state index is 16.1. The Kier molecular flexibility index (Phi) is 34.3. The monoisotopic (exact) mass is 1570 g/mol. The molecule has 4 fully saturated rings. The maximum absolute atomic E-state index is 16.1. The van der Waals surface area contributed by atoms with Crippen LogP contribution in [0.5, 0.6) is 0 Å². The van der Waals surface area contributed by atoms with Gasteiger partial charge in [-0.2, -0.15) is 0 Å². The first-order valence-corrected chi connectivity index (χ1v) is 35.1. The zero-order chi connectivity index (χ0) is 81.4. The van der Waals surface area contributed by atoms with Crippen molar-refractivity contribution in [1.82, 2.24) is 10.6 Å². The van der Waals surface area contributed by atoms with Gasteiger partial charge in [0.15, 0.2) is 98.4 Å². The number of carbonyl (C=O) groups is 16. The van der Waals surface area contributed by atoms with E-state index in [1.54, 1.807) is 0 Å². The van der Waals surface area contributed by atoms with Crippen molar-refractivity contribution < 1.29 is 171 Å². The van der Waals surface area contributed by atoms with Crippen LogP contribution in [0, 0.1) is 0 Å². The molecule has 7 rings (SSSR count). The number of anilines is 2. The molecule has 0 radical (unpaired) electrons. The predicted octanol–water partition coefficient (Wildman–Crippen LogP) is -0.0986. The molecule has 0 spiro atoms. The molecule has 110 heavy (non-hydrogen) atoms. The van der Waals surface area contributed by atoms with Crippen LogP contribution < -0.4 is 20.4 Å². The third kappa shape index (κ3) is 25.9. The first-order chi connectivity index (χ1) is 52.0. The second kappa shape index (κ2) is 42.4. The summed E-state index contributed by atoms with van der Waals surface area (Å²) < 4.78 is 119. The summed E-state index contributed by atoms with van der Waals surface area (Å²) in [7, 11) is 0. The summed E-state index contributed by atoms with van der Waals surface area (Å²) in [6.45, 7) is 10.5. The molecule has 0 saturated carbocycles. The molecule has 0 aromatic heterocycles. The standard InChI is InChI=1S/C70H94N4O36/c1-15-17-25-71-49(87)29-73-45-21-23-46(24-22-45)74(30-50(88)72-26-18-16-2)66(90)60-56(100-40(10)82)58(108-70-64(104-44(14)86)54(98-38(8)80)52(96-36(6)78)48(106-70)32-94-34(4)76)62(102-42(12)84)68(110-60)92-28-20-19-27-91-67-61(101-41(11)83)57(55(99-39(9)81)59(109-67)65(73)89)107-69-63(103-43(13)85)53(97-37(7)79)51(95-35(5)77)47(105-69)31-93-33(3)75/h19-24,47-48,51-64,67-70H,15-18,25-32H2,1-14H3,(H,71,87)(H,72,88)/b20-19+/t47-,48-,51-,52-,53+,54+,55+,56+,57+,58+,59+,60+,61-,62-,63+,64+,67+,68+,69-,70-/m1/s1. The zero-order valence-corrected chi connectivity index (χ0v) is 63.1. The Labute approximate surface area is 631 Å². The number of ether oxygens (including phenoxy) is 20. The van der Waals surface area contributed by atoms with Gasteiger partial charge in [0, 0.05) is 108 Å². The van der Waals surface area contributed by atoms with E-state index in [0.29, 0.717) is 25.7 Å². The quantitative estimate of drug-likeness (QED) is 0.0479. The third-order valence-electron chi connectivity index (χ3n) is 16.4. The summed E-state index contributed by atoms with van der Waals surface area (Å²) in [6, 6.07) is 4.78. The molecule has 6 aliphatic heterocycles. The summed E-state index contributed by atoms with van der Waals surface area (Å²) in [6.07, 6.45) is -35.9. The highest BCUT2D eigenvalue weighted by Gasteiger charge is 2.62. The molecule has 40 heteroatoms. The van der Waals surface area contributed by atoms with Crippen molar-refractivity contribution in [2.24, 2.45) is 0 Å². The zero-order valence-electron chi connectivity index (χ0n) is 63.1. The second-order valence-corrected chi connectivity index (χ2v) is 25.4. The molecule has 6 heterocycles. The lowest BCUT2D eigenvalue weighted by Gasteiger charge is -2.49. The Morgan fingerprint density at radius 3 is 0.936 bits per heavy atom. The third-order valence-corrected chi connectivity index (χ3v) is 16.4. The topological polar surface area (TPSA) is 488 Å². The van der Waals surface area contributed by atoms with Gasteiger partial charge in [-0.15, -0.1) is 0 Å². The van der Waals surface area contributed by atoms with Crippen LogP contribution in [0.1, 0.15) is 123 Å². The highest BCUT2D eigenvalue weighted by atomic mass is 16.8. The average molecular weight is 1570 g/mol. The van der Waals surface area contributed by atoms with E-state index in [-0.39, 0.29) is 24.5 Å². The minimum atomic E-state index is -2.26. The number of amides is 4. The highest BCUT2D eigenvalue weighted by Crippen LogP contribution is 2.40. The van der Waals surface area contributed by atoms with Gasteiger partial charge in [0.25, 0.3) is 11.8 Å². The van der Waals surface area contributed by atoms with E-state index in [9.17, 15) is 67.1 Å². The van der Waals surface area contributed by atoms with Crippen LogP contribution >= 0.6 is 0 Å². The van der Waals surface area contributed by atoms with Crippen molar-refractivity contribution in [3.05, 3.63) is 36.4 Å². The molecule has 6 bridgehead atoms. The SMILES string of the molecule is CCCCNC(=O)CN1C(=O)[C@H]2O[C@H](OC/C=C/CO[C@H]3O[C@H](C(=O)N(CC(=O)NCCCC)c4ccc1cc4)[C@@H](OC(C)=O)[C@H](O[C@H]1O[C@H](COC(C)=O)[C@@H](OC(C)=O)[C@H](OC(C)=O)[C@@H]1OC(C)=O)[C@H]3OC(C)=O)[C@H](OC(C)=O)[C@@H](O[C@H]1O[C@H](COC(C)=O)[C@@H](OC(C)=O)[C@H](OC(C)=O)[C@@H]1OC(C)=O)[C@@H]2OC(C)=O. The molecule has 4 amide bonds. The maximum Gasteiger partial charge on any atom is 0.303 e. The van der Waals surface area contributed by atoms with Crippen molar-refractivity contribution in [3.8, 4) is 0 Å². The molecule has 1 aromatic rings. The minimum Gasteiger partial charge on any atom is -0.463 e. The van der Waals surface area contributed by atoms with Crippen molar-refractivity contribution in [3.63, 3.8) is 0 Å². The minimum absolute atomic E-state index is 0.0858. The summed E-state index contributed by atoms with van der Waals surface area (Å²) in [4.78, 5) is 219. The van der Waals surface area contributed by atoms with Gasteiger partial charge in [-0.25, -0.2) is 0 Å². The largest absolute Gasteiger partial charge is 0.463 e. The first-order valence-electron chi connectivity index (χ1n) is 35.1. The number of nitrogens with zero attached hydrogens (tertiary/aromatic N) is 2. The van der Waals surface area contributed by atoms with Crippen LogP contribution in [0.3, 0.4) is 0 Å². The molecule has 2 N–H and O–H groups in total.